The second kappa shape index (κ2) is 8.91. The molecule has 152 valence electrons. The third-order valence-electron chi connectivity index (χ3n) is 5.05. The van der Waals surface area contributed by atoms with Crippen molar-refractivity contribution in [3.63, 3.8) is 0 Å². The molecule has 3 rings (SSSR count). The molecule has 30 heavy (non-hydrogen) atoms. The highest BCUT2D eigenvalue weighted by atomic mass is 79.9. The fourth-order valence-corrected chi connectivity index (χ4v) is 3.76. The first kappa shape index (κ1) is 21.9. The Balaban J connectivity index is 1.96. The van der Waals surface area contributed by atoms with Crippen LogP contribution in [0.5, 0.6) is 0 Å². The van der Waals surface area contributed by atoms with Crippen LogP contribution in [0.15, 0.2) is 52.5 Å². The van der Waals surface area contributed by atoms with Gasteiger partial charge in [-0.1, -0.05) is 33.6 Å². The van der Waals surface area contributed by atoms with Crippen molar-refractivity contribution in [2.24, 2.45) is 0 Å². The Labute approximate surface area is 189 Å². The van der Waals surface area contributed by atoms with Gasteiger partial charge in [0.1, 0.15) is 11.6 Å². The van der Waals surface area contributed by atoms with E-state index in [2.05, 4.69) is 31.9 Å². The molecule has 6 heteroatoms. The second-order valence-electron chi connectivity index (χ2n) is 7.13. The van der Waals surface area contributed by atoms with E-state index in [9.17, 15) is 10.1 Å². The topological polar surface area (TPSA) is 57.8 Å². The molecule has 0 aliphatic rings. The zero-order valence-corrected chi connectivity index (χ0v) is 19.5. The normalized spacial score (nSPS) is 11.3. The molecule has 0 atom stereocenters. The molecule has 0 aliphatic carbocycles. The number of halogens is 2. The van der Waals surface area contributed by atoms with Crippen molar-refractivity contribution in [3.05, 3.63) is 85.6 Å². The lowest BCUT2D eigenvalue weighted by molar-refractivity contribution is -0.112. The number of aryl methyl sites for hydroxylation is 2. The van der Waals surface area contributed by atoms with Gasteiger partial charge in [0.25, 0.3) is 5.91 Å². The third-order valence-corrected chi connectivity index (χ3v) is 6.35. The summed E-state index contributed by atoms with van der Waals surface area (Å²) in [4.78, 5) is 12.7. The minimum atomic E-state index is -0.466. The molecule has 0 radical (unpaired) electrons. The maximum absolute atomic E-state index is 12.7. The molecule has 1 heterocycles. The number of hydrogen-bond donors (Lipinski definition) is 1. The molecular formula is C24H21BrClN3O. The standard InChI is InChI=1S/C24H21BrClN3O/c1-14-10-20(8-9-21(14)25)29-15(2)11-18(17(29)4)12-19(13-27)24(30)28-23-7-5-6-22(26)16(23)3/h5-12H,1-4H3,(H,28,30)/b19-12-. The van der Waals surface area contributed by atoms with Crippen LogP contribution in [-0.2, 0) is 4.79 Å². The number of carbonyl (C=O) groups is 1. The van der Waals surface area contributed by atoms with Crippen LogP contribution < -0.4 is 5.32 Å². The molecule has 0 fully saturated rings. The first-order valence-electron chi connectivity index (χ1n) is 9.36. The van der Waals surface area contributed by atoms with E-state index in [-0.39, 0.29) is 5.57 Å². The van der Waals surface area contributed by atoms with Gasteiger partial charge >= 0.3 is 0 Å². The molecule has 1 N–H and O–H groups in total. The summed E-state index contributed by atoms with van der Waals surface area (Å²) in [5.41, 5.74) is 6.33. The predicted molar refractivity (Wildman–Crippen MR) is 126 cm³/mol. The summed E-state index contributed by atoms with van der Waals surface area (Å²) in [6.45, 7) is 7.84. The maximum atomic E-state index is 12.7. The van der Waals surface area contributed by atoms with Gasteiger partial charge in [-0.2, -0.15) is 5.26 Å². The Hall–Kier alpha value is -2.81. The molecule has 0 bridgehead atoms. The molecule has 1 aromatic heterocycles. The van der Waals surface area contributed by atoms with E-state index in [1.54, 1.807) is 24.3 Å². The quantitative estimate of drug-likeness (QED) is 0.333. The monoisotopic (exact) mass is 481 g/mol. The lowest BCUT2D eigenvalue weighted by Crippen LogP contribution is -2.14. The van der Waals surface area contributed by atoms with E-state index >= 15 is 0 Å². The van der Waals surface area contributed by atoms with E-state index in [1.807, 2.05) is 52.0 Å². The Morgan fingerprint density at radius 1 is 1.17 bits per heavy atom. The number of amides is 1. The largest absolute Gasteiger partial charge is 0.321 e. The van der Waals surface area contributed by atoms with Gasteiger partial charge in [0.2, 0.25) is 0 Å². The van der Waals surface area contributed by atoms with Crippen LogP contribution in [0.1, 0.15) is 28.1 Å². The average Bonchev–Trinajstić information content (AvgIpc) is 2.98. The Morgan fingerprint density at radius 3 is 2.57 bits per heavy atom. The number of carbonyl (C=O) groups excluding carboxylic acids is 1. The lowest BCUT2D eigenvalue weighted by atomic mass is 10.1. The Bertz CT molecular complexity index is 1220. The molecule has 0 unspecified atom stereocenters. The van der Waals surface area contributed by atoms with Crippen LogP contribution in [0, 0.1) is 39.0 Å². The van der Waals surface area contributed by atoms with Gasteiger partial charge in [0.15, 0.2) is 0 Å². The Morgan fingerprint density at radius 2 is 1.90 bits per heavy atom. The number of aromatic nitrogens is 1. The minimum Gasteiger partial charge on any atom is -0.321 e. The van der Waals surface area contributed by atoms with Crippen molar-refractivity contribution >= 4 is 45.2 Å². The van der Waals surface area contributed by atoms with Gasteiger partial charge in [-0.25, -0.2) is 0 Å². The molecule has 3 aromatic rings. The van der Waals surface area contributed by atoms with Gasteiger partial charge in [0, 0.05) is 32.3 Å². The van der Waals surface area contributed by atoms with Crippen molar-refractivity contribution < 1.29 is 4.79 Å². The van der Waals surface area contributed by atoms with Gasteiger partial charge in [-0.05, 0) is 86.9 Å². The fourth-order valence-electron chi connectivity index (χ4n) is 3.34. The van der Waals surface area contributed by atoms with Crippen LogP contribution in [0.25, 0.3) is 11.8 Å². The summed E-state index contributed by atoms with van der Waals surface area (Å²) in [6, 6.07) is 15.4. The van der Waals surface area contributed by atoms with Crippen LogP contribution in [0.3, 0.4) is 0 Å². The Kier molecular flexibility index (Phi) is 6.50. The van der Waals surface area contributed by atoms with E-state index in [1.165, 1.54) is 0 Å². The fraction of sp³-hybridized carbons (Fsp3) is 0.167. The zero-order chi connectivity index (χ0) is 22.0. The van der Waals surface area contributed by atoms with Crippen molar-refractivity contribution in [1.82, 2.24) is 4.57 Å². The summed E-state index contributed by atoms with van der Waals surface area (Å²) in [5.74, 6) is -0.466. The van der Waals surface area contributed by atoms with Gasteiger partial charge in [-0.15, -0.1) is 0 Å². The highest BCUT2D eigenvalue weighted by Gasteiger charge is 2.15. The first-order valence-corrected chi connectivity index (χ1v) is 10.5. The highest BCUT2D eigenvalue weighted by molar-refractivity contribution is 9.10. The molecular weight excluding hydrogens is 462 g/mol. The molecule has 0 saturated carbocycles. The number of hydrogen-bond acceptors (Lipinski definition) is 2. The van der Waals surface area contributed by atoms with Crippen LogP contribution in [-0.4, -0.2) is 10.5 Å². The summed E-state index contributed by atoms with van der Waals surface area (Å²) in [6.07, 6.45) is 1.62. The third kappa shape index (κ3) is 4.35. The smallest absolute Gasteiger partial charge is 0.266 e. The van der Waals surface area contributed by atoms with Crippen LogP contribution in [0.2, 0.25) is 5.02 Å². The first-order chi connectivity index (χ1) is 14.2. The molecule has 1 amide bonds. The number of nitrogens with one attached hydrogen (secondary N) is 1. The SMILES string of the molecule is Cc1cc(-n2c(C)cc(/C=C(/C#N)C(=O)Nc3cccc(Cl)c3C)c2C)ccc1Br. The summed E-state index contributed by atoms with van der Waals surface area (Å²) >= 11 is 9.66. The molecule has 0 spiro atoms. The van der Waals surface area contributed by atoms with Crippen LogP contribution in [0.4, 0.5) is 5.69 Å². The van der Waals surface area contributed by atoms with Gasteiger partial charge < -0.3 is 9.88 Å². The average molecular weight is 483 g/mol. The minimum absolute atomic E-state index is 0.0293. The van der Waals surface area contributed by atoms with E-state index in [0.29, 0.717) is 10.7 Å². The van der Waals surface area contributed by atoms with Crippen molar-refractivity contribution in [2.45, 2.75) is 27.7 Å². The number of rotatable bonds is 4. The van der Waals surface area contributed by atoms with E-state index in [0.717, 1.165) is 38.2 Å². The number of nitrogens with zero attached hydrogens (tertiary/aromatic N) is 2. The number of nitriles is 1. The number of benzene rings is 2. The lowest BCUT2D eigenvalue weighted by Gasteiger charge is -2.11. The van der Waals surface area contributed by atoms with E-state index < -0.39 is 5.91 Å². The zero-order valence-electron chi connectivity index (χ0n) is 17.2. The highest BCUT2D eigenvalue weighted by Crippen LogP contribution is 2.27. The van der Waals surface area contributed by atoms with Crippen molar-refractivity contribution in [2.75, 3.05) is 5.32 Å². The summed E-state index contributed by atoms with van der Waals surface area (Å²) in [7, 11) is 0. The second-order valence-corrected chi connectivity index (χ2v) is 8.39. The van der Waals surface area contributed by atoms with Gasteiger partial charge in [0.05, 0.1) is 0 Å². The maximum Gasteiger partial charge on any atom is 0.266 e. The molecule has 4 nitrogen and oxygen atoms in total. The summed E-state index contributed by atoms with van der Waals surface area (Å²) in [5, 5.41) is 12.9. The van der Waals surface area contributed by atoms with Crippen molar-refractivity contribution in [1.29, 1.82) is 5.26 Å². The number of anilines is 1. The predicted octanol–water partition coefficient (Wildman–Crippen LogP) is 6.67. The molecule has 2 aromatic carbocycles. The molecule has 0 aliphatic heterocycles. The summed E-state index contributed by atoms with van der Waals surface area (Å²) < 4.78 is 3.16. The molecule has 0 saturated heterocycles. The van der Waals surface area contributed by atoms with Crippen LogP contribution >= 0.6 is 27.5 Å². The van der Waals surface area contributed by atoms with E-state index in [4.69, 9.17) is 11.6 Å². The van der Waals surface area contributed by atoms with Crippen molar-refractivity contribution in [3.8, 4) is 11.8 Å². The van der Waals surface area contributed by atoms with Gasteiger partial charge in [-0.3, -0.25) is 4.79 Å².